The van der Waals surface area contributed by atoms with Crippen LogP contribution in [0.2, 0.25) is 0 Å². The molecule has 3 rings (SSSR count). The van der Waals surface area contributed by atoms with E-state index < -0.39 is 0 Å². The Bertz CT molecular complexity index is 1060. The molecule has 0 fully saturated rings. The van der Waals surface area contributed by atoms with Crippen molar-refractivity contribution in [2.24, 2.45) is 9.98 Å². The van der Waals surface area contributed by atoms with Gasteiger partial charge in [-0.25, -0.2) is 9.98 Å². The molecule has 0 atom stereocenters. The standard InChI is InChI=1S/C29H36N2O/c1-16-14-17(2)21(6)28(20(16)5)30-24(9)26-12-11-13-27(32-26)25(10)31-29-22(7)18(3)15-19(4)23(29)8/h12-15H,11H2,1-10H3/b30-24+,31-25+. The van der Waals surface area contributed by atoms with Gasteiger partial charge in [0.15, 0.2) is 0 Å². The fraction of sp³-hybridized carbons (Fsp3) is 0.379. The van der Waals surface area contributed by atoms with Gasteiger partial charge in [0, 0.05) is 0 Å². The molecule has 32 heavy (non-hydrogen) atoms. The quantitative estimate of drug-likeness (QED) is 0.452. The van der Waals surface area contributed by atoms with E-state index >= 15 is 0 Å². The van der Waals surface area contributed by atoms with Gasteiger partial charge >= 0.3 is 0 Å². The first-order valence-electron chi connectivity index (χ1n) is 11.4. The predicted octanol–water partition coefficient (Wildman–Crippen LogP) is 8.23. The van der Waals surface area contributed by atoms with Crippen molar-refractivity contribution in [3.8, 4) is 0 Å². The lowest BCUT2D eigenvalue weighted by molar-refractivity contribution is 0.343. The molecule has 0 amide bonds. The van der Waals surface area contributed by atoms with Crippen LogP contribution < -0.4 is 0 Å². The smallest absolute Gasteiger partial charge is 0.145 e. The summed E-state index contributed by atoms with van der Waals surface area (Å²) in [6.07, 6.45) is 4.99. The Morgan fingerprint density at radius 3 is 1.22 bits per heavy atom. The summed E-state index contributed by atoms with van der Waals surface area (Å²) in [4.78, 5) is 9.98. The Labute approximate surface area is 193 Å². The van der Waals surface area contributed by atoms with Crippen molar-refractivity contribution < 1.29 is 4.74 Å². The zero-order valence-corrected chi connectivity index (χ0v) is 21.3. The minimum Gasteiger partial charge on any atom is -0.454 e. The molecule has 3 nitrogen and oxygen atoms in total. The molecule has 1 heterocycles. The number of hydrogen-bond donors (Lipinski definition) is 0. The summed E-state index contributed by atoms with van der Waals surface area (Å²) in [6.45, 7) is 21.2. The Morgan fingerprint density at radius 2 is 0.906 bits per heavy atom. The van der Waals surface area contributed by atoms with E-state index in [2.05, 4.69) is 79.7 Å². The molecular weight excluding hydrogens is 392 g/mol. The SMILES string of the molecule is C/C(=N\c1c(C)c(C)cc(C)c1C)C1=CCC=C(/C(C)=N/c2c(C)c(C)cc(C)c2C)O1. The molecule has 0 spiro atoms. The summed E-state index contributed by atoms with van der Waals surface area (Å²) in [7, 11) is 0. The van der Waals surface area contributed by atoms with Gasteiger partial charge in [-0.15, -0.1) is 0 Å². The lowest BCUT2D eigenvalue weighted by Crippen LogP contribution is -2.11. The molecule has 168 valence electrons. The molecule has 0 bridgehead atoms. The number of aryl methyl sites for hydroxylation is 4. The topological polar surface area (TPSA) is 34.0 Å². The molecule has 1 aliphatic rings. The number of rotatable bonds is 4. The minimum atomic E-state index is 0.806. The Kier molecular flexibility index (Phi) is 6.88. The second-order valence-corrected chi connectivity index (χ2v) is 9.09. The first kappa shape index (κ1) is 23.7. The van der Waals surface area contributed by atoms with E-state index in [1.807, 2.05) is 13.8 Å². The number of benzene rings is 2. The summed E-state index contributed by atoms with van der Waals surface area (Å²) in [6, 6.07) is 4.46. The highest BCUT2D eigenvalue weighted by Crippen LogP contribution is 2.32. The number of nitrogens with zero attached hydrogens (tertiary/aromatic N) is 2. The second kappa shape index (κ2) is 9.28. The number of hydrogen-bond acceptors (Lipinski definition) is 3. The number of aliphatic imine (C=N–C) groups is 2. The molecule has 0 aromatic heterocycles. The fourth-order valence-corrected chi connectivity index (χ4v) is 4.09. The Morgan fingerprint density at radius 1 is 0.594 bits per heavy atom. The third kappa shape index (κ3) is 4.62. The molecule has 2 aromatic rings. The third-order valence-corrected chi connectivity index (χ3v) is 6.75. The first-order valence-corrected chi connectivity index (χ1v) is 11.4. The van der Waals surface area contributed by atoms with Gasteiger partial charge < -0.3 is 4.74 Å². The zero-order chi connectivity index (χ0) is 23.7. The van der Waals surface area contributed by atoms with Crippen LogP contribution in [0.25, 0.3) is 0 Å². The van der Waals surface area contributed by atoms with Crippen molar-refractivity contribution in [1.82, 2.24) is 0 Å². The lowest BCUT2D eigenvalue weighted by Gasteiger charge is -2.19. The van der Waals surface area contributed by atoms with E-state index in [0.717, 1.165) is 40.7 Å². The molecule has 2 aromatic carbocycles. The van der Waals surface area contributed by atoms with Gasteiger partial charge in [0.05, 0.1) is 22.8 Å². The molecule has 0 saturated heterocycles. The number of allylic oxidation sites excluding steroid dienone is 4. The minimum absolute atomic E-state index is 0.806. The van der Waals surface area contributed by atoms with Crippen LogP contribution in [0.5, 0.6) is 0 Å². The van der Waals surface area contributed by atoms with Gasteiger partial charge in [-0.2, -0.15) is 0 Å². The lowest BCUT2D eigenvalue weighted by atomic mass is 9.99. The molecule has 1 aliphatic heterocycles. The van der Waals surface area contributed by atoms with Crippen molar-refractivity contribution >= 4 is 22.8 Å². The normalized spacial score (nSPS) is 14.8. The Balaban J connectivity index is 1.92. The van der Waals surface area contributed by atoms with E-state index in [0.29, 0.717) is 0 Å². The van der Waals surface area contributed by atoms with Crippen molar-refractivity contribution in [2.75, 3.05) is 0 Å². The Hall–Kier alpha value is -2.94. The molecule has 3 heteroatoms. The van der Waals surface area contributed by atoms with Gasteiger partial charge in [-0.1, -0.05) is 12.1 Å². The summed E-state index contributed by atoms with van der Waals surface area (Å²) in [5.41, 5.74) is 13.8. The van der Waals surface area contributed by atoms with Gasteiger partial charge in [0.25, 0.3) is 0 Å². The van der Waals surface area contributed by atoms with Gasteiger partial charge in [-0.3, -0.25) is 0 Å². The van der Waals surface area contributed by atoms with E-state index in [4.69, 9.17) is 14.7 Å². The van der Waals surface area contributed by atoms with E-state index in [1.165, 1.54) is 44.5 Å². The van der Waals surface area contributed by atoms with Crippen LogP contribution in [0.3, 0.4) is 0 Å². The van der Waals surface area contributed by atoms with Crippen LogP contribution in [-0.2, 0) is 4.74 Å². The maximum atomic E-state index is 6.30. The first-order chi connectivity index (χ1) is 15.0. The molecule has 0 unspecified atom stereocenters. The summed E-state index contributed by atoms with van der Waals surface area (Å²) in [5, 5.41) is 0. The summed E-state index contributed by atoms with van der Waals surface area (Å²) >= 11 is 0. The molecular formula is C29H36N2O. The summed E-state index contributed by atoms with van der Waals surface area (Å²) < 4.78 is 6.30. The maximum Gasteiger partial charge on any atom is 0.145 e. The van der Waals surface area contributed by atoms with Gasteiger partial charge in [0.1, 0.15) is 11.5 Å². The van der Waals surface area contributed by atoms with Crippen molar-refractivity contribution in [3.63, 3.8) is 0 Å². The van der Waals surface area contributed by atoms with Crippen LogP contribution in [0.1, 0.15) is 64.8 Å². The molecule has 0 radical (unpaired) electrons. The maximum absolute atomic E-state index is 6.30. The van der Waals surface area contributed by atoms with Crippen molar-refractivity contribution in [2.45, 2.75) is 75.7 Å². The van der Waals surface area contributed by atoms with Crippen LogP contribution in [0.15, 0.2) is 45.8 Å². The average molecular weight is 429 g/mol. The molecule has 0 aliphatic carbocycles. The van der Waals surface area contributed by atoms with Crippen molar-refractivity contribution in [1.29, 1.82) is 0 Å². The van der Waals surface area contributed by atoms with Crippen LogP contribution in [0.4, 0.5) is 11.4 Å². The second-order valence-electron chi connectivity index (χ2n) is 9.09. The predicted molar refractivity (Wildman–Crippen MR) is 138 cm³/mol. The highest BCUT2D eigenvalue weighted by Gasteiger charge is 2.17. The zero-order valence-electron chi connectivity index (χ0n) is 21.3. The van der Waals surface area contributed by atoms with Crippen LogP contribution in [0, 0.1) is 55.4 Å². The van der Waals surface area contributed by atoms with Gasteiger partial charge in [-0.05, 0) is 132 Å². The van der Waals surface area contributed by atoms with Crippen LogP contribution in [-0.4, -0.2) is 11.4 Å². The summed E-state index contributed by atoms with van der Waals surface area (Å²) in [5.74, 6) is 1.62. The van der Waals surface area contributed by atoms with Crippen molar-refractivity contribution in [3.05, 3.63) is 80.3 Å². The van der Waals surface area contributed by atoms with E-state index in [-0.39, 0.29) is 0 Å². The highest BCUT2D eigenvalue weighted by molar-refractivity contribution is 6.03. The van der Waals surface area contributed by atoms with Crippen LogP contribution >= 0.6 is 0 Å². The highest BCUT2D eigenvalue weighted by atomic mass is 16.5. The molecule has 0 N–H and O–H groups in total. The largest absolute Gasteiger partial charge is 0.454 e. The monoisotopic (exact) mass is 428 g/mol. The van der Waals surface area contributed by atoms with Gasteiger partial charge in [0.2, 0.25) is 0 Å². The van der Waals surface area contributed by atoms with E-state index in [9.17, 15) is 0 Å². The molecule has 0 saturated carbocycles. The number of ether oxygens (including phenoxy) is 1. The fourth-order valence-electron chi connectivity index (χ4n) is 4.09. The average Bonchev–Trinajstić information content (AvgIpc) is 2.76. The van der Waals surface area contributed by atoms with E-state index in [1.54, 1.807) is 0 Å². The third-order valence-electron chi connectivity index (χ3n) is 6.75.